The molecule has 0 aromatic heterocycles. The van der Waals surface area contributed by atoms with Gasteiger partial charge in [-0.25, -0.2) is 13.2 Å². The molecule has 33 heavy (non-hydrogen) atoms. The summed E-state index contributed by atoms with van der Waals surface area (Å²) in [5.74, 6) is -2.81. The van der Waals surface area contributed by atoms with Gasteiger partial charge in [0.25, 0.3) is 0 Å². The molecule has 0 spiro atoms. The molecule has 10 heteroatoms. The van der Waals surface area contributed by atoms with Crippen LogP contribution in [-0.4, -0.2) is 39.1 Å². The van der Waals surface area contributed by atoms with Crippen LogP contribution in [0.5, 0.6) is 0 Å². The minimum absolute atomic E-state index is 0.0606. The van der Waals surface area contributed by atoms with Crippen molar-refractivity contribution in [3.63, 3.8) is 0 Å². The van der Waals surface area contributed by atoms with Gasteiger partial charge in [0.15, 0.2) is 0 Å². The van der Waals surface area contributed by atoms with Gasteiger partial charge in [-0.05, 0) is 62.1 Å². The van der Waals surface area contributed by atoms with E-state index in [2.05, 4.69) is 6.58 Å². The van der Waals surface area contributed by atoms with Gasteiger partial charge < -0.3 is 10.1 Å². The number of hydrogen-bond acceptors (Lipinski definition) is 5. The molecule has 1 N–H and O–H groups in total. The number of amides is 1. The zero-order valence-electron chi connectivity index (χ0n) is 18.1. The van der Waals surface area contributed by atoms with Crippen molar-refractivity contribution >= 4 is 21.7 Å². The van der Waals surface area contributed by atoms with Crippen molar-refractivity contribution in [2.24, 2.45) is 0 Å². The number of halogens is 3. The Balaban J connectivity index is 2.33. The number of sulfone groups is 1. The monoisotopic (exact) mass is 483 g/mol. The molecule has 0 aliphatic heterocycles. The first-order valence-electron chi connectivity index (χ1n) is 10.0. The molecule has 1 amide bonds. The van der Waals surface area contributed by atoms with E-state index in [0.717, 1.165) is 0 Å². The summed E-state index contributed by atoms with van der Waals surface area (Å²) in [5.41, 5.74) is 1.06. The van der Waals surface area contributed by atoms with E-state index in [0.29, 0.717) is 17.5 Å². The molecular weight excluding hydrogens is 459 g/mol. The normalized spacial score (nSPS) is 12.6. The lowest BCUT2D eigenvalue weighted by atomic mass is 10.1. The highest BCUT2D eigenvalue weighted by Crippen LogP contribution is 2.27. The van der Waals surface area contributed by atoms with Crippen LogP contribution in [0.1, 0.15) is 35.3 Å². The Kier molecular flexibility index (Phi) is 8.43. The molecule has 0 bridgehead atoms. The summed E-state index contributed by atoms with van der Waals surface area (Å²) >= 11 is 0. The molecule has 0 saturated carbocycles. The first-order chi connectivity index (χ1) is 15.4. The van der Waals surface area contributed by atoms with Crippen molar-refractivity contribution in [2.75, 3.05) is 6.61 Å². The Hall–Kier alpha value is -3.14. The van der Waals surface area contributed by atoms with Crippen LogP contribution in [0.15, 0.2) is 64.9 Å². The van der Waals surface area contributed by atoms with Crippen LogP contribution in [0, 0.1) is 0 Å². The lowest BCUT2D eigenvalue weighted by Crippen LogP contribution is -2.42. The lowest BCUT2D eigenvalue weighted by molar-refractivity contribution is -0.174. The van der Waals surface area contributed by atoms with Gasteiger partial charge in [0.2, 0.25) is 9.84 Å². The number of esters is 1. The zero-order valence-corrected chi connectivity index (χ0v) is 18.9. The van der Waals surface area contributed by atoms with E-state index in [1.54, 1.807) is 19.1 Å². The molecule has 0 saturated heterocycles. The Morgan fingerprint density at radius 3 is 2.27 bits per heavy atom. The molecule has 0 radical (unpaired) electrons. The number of benzene rings is 2. The number of carbonyl (C=O) groups excluding carboxylic acids is 2. The van der Waals surface area contributed by atoms with Gasteiger partial charge in [0.05, 0.1) is 22.0 Å². The number of rotatable bonds is 9. The van der Waals surface area contributed by atoms with E-state index in [-0.39, 0.29) is 28.4 Å². The maximum absolute atomic E-state index is 13.3. The second-order valence-corrected chi connectivity index (χ2v) is 9.19. The molecule has 6 nitrogen and oxygen atoms in total. The van der Waals surface area contributed by atoms with Crippen molar-refractivity contribution < 1.29 is 35.9 Å². The average molecular weight is 484 g/mol. The fraction of sp³-hybridized carbons (Fsp3) is 0.304. The fourth-order valence-electron chi connectivity index (χ4n) is 3.10. The first-order valence-corrected chi connectivity index (χ1v) is 11.5. The third kappa shape index (κ3) is 6.67. The molecule has 2 aromatic carbocycles. The highest BCUT2D eigenvalue weighted by molar-refractivity contribution is 7.91. The third-order valence-electron chi connectivity index (χ3n) is 4.62. The summed E-state index contributed by atoms with van der Waals surface area (Å²) in [6.45, 7) is 6.72. The Morgan fingerprint density at radius 2 is 1.73 bits per heavy atom. The van der Waals surface area contributed by atoms with Gasteiger partial charge in [0.1, 0.15) is 0 Å². The maximum atomic E-state index is 13.3. The molecule has 2 rings (SSSR count). The number of alkyl halides is 3. The summed E-state index contributed by atoms with van der Waals surface area (Å²) in [6, 6.07) is 9.08. The first kappa shape index (κ1) is 26.1. The molecule has 178 valence electrons. The molecule has 1 atom stereocenters. The summed E-state index contributed by atoms with van der Waals surface area (Å²) < 4.78 is 68.7. The van der Waals surface area contributed by atoms with Crippen molar-refractivity contribution in [1.82, 2.24) is 5.32 Å². The van der Waals surface area contributed by atoms with Crippen molar-refractivity contribution in [2.45, 2.75) is 48.7 Å². The van der Waals surface area contributed by atoms with E-state index < -0.39 is 33.9 Å². The van der Waals surface area contributed by atoms with Gasteiger partial charge >= 0.3 is 18.1 Å². The van der Waals surface area contributed by atoms with Crippen molar-refractivity contribution in [3.8, 4) is 0 Å². The average Bonchev–Trinajstić information content (AvgIpc) is 2.73. The highest BCUT2D eigenvalue weighted by atomic mass is 32.2. The van der Waals surface area contributed by atoms with Crippen LogP contribution < -0.4 is 5.32 Å². The Labute approximate surface area is 190 Å². The van der Waals surface area contributed by atoms with Gasteiger partial charge in [-0.2, -0.15) is 13.2 Å². The van der Waals surface area contributed by atoms with Crippen LogP contribution in [0.3, 0.4) is 0 Å². The topological polar surface area (TPSA) is 89.5 Å². The van der Waals surface area contributed by atoms with Gasteiger partial charge in [0, 0.05) is 6.04 Å². The zero-order chi connectivity index (χ0) is 24.8. The largest absolute Gasteiger partial charge is 0.471 e. The van der Waals surface area contributed by atoms with E-state index in [1.165, 1.54) is 43.3 Å². The molecule has 0 fully saturated rings. The number of nitrogens with one attached hydrogen (secondary N) is 1. The van der Waals surface area contributed by atoms with E-state index in [1.807, 2.05) is 5.32 Å². The number of hydrogen-bond donors (Lipinski definition) is 1. The van der Waals surface area contributed by atoms with Crippen LogP contribution in [0.25, 0.3) is 0 Å². The van der Waals surface area contributed by atoms with E-state index in [4.69, 9.17) is 4.74 Å². The minimum Gasteiger partial charge on any atom is -0.462 e. The van der Waals surface area contributed by atoms with Gasteiger partial charge in [-0.3, -0.25) is 4.79 Å². The standard InChI is InChI=1S/C23H24F3NO5S/c1-4-6-16-9-12-19(21(28)32-5-2)20(14-16)33(30,31)18-10-7-17(8-11-18)13-15(3)27-22(29)23(24,25)26/h4,7-12,14-15H,1,5-6,13H2,2-3H3,(H,27,29)/t15-/m1/s1. The quantitative estimate of drug-likeness (QED) is 0.430. The SMILES string of the molecule is C=CCc1ccc(C(=O)OCC)c(S(=O)(=O)c2ccc(C[C@@H](C)NC(=O)C(F)(F)F)cc2)c1. The predicted molar refractivity (Wildman–Crippen MR) is 116 cm³/mol. The number of allylic oxidation sites excluding steroid dienone is 1. The molecule has 0 aliphatic rings. The van der Waals surface area contributed by atoms with Crippen LogP contribution >= 0.6 is 0 Å². The summed E-state index contributed by atoms with van der Waals surface area (Å²) in [4.78, 5) is 23.1. The molecule has 0 unspecified atom stereocenters. The summed E-state index contributed by atoms with van der Waals surface area (Å²) in [7, 11) is -4.11. The summed E-state index contributed by atoms with van der Waals surface area (Å²) in [5, 5.41) is 1.85. The number of ether oxygens (including phenoxy) is 1. The van der Waals surface area contributed by atoms with E-state index in [9.17, 15) is 31.2 Å². The van der Waals surface area contributed by atoms with E-state index >= 15 is 0 Å². The Bertz CT molecular complexity index is 1130. The van der Waals surface area contributed by atoms with Gasteiger partial charge in [-0.15, -0.1) is 6.58 Å². The van der Waals surface area contributed by atoms with Gasteiger partial charge in [-0.1, -0.05) is 24.3 Å². The van der Waals surface area contributed by atoms with Crippen LogP contribution in [-0.2, 0) is 32.2 Å². The second-order valence-electron chi connectivity index (χ2n) is 7.27. The smallest absolute Gasteiger partial charge is 0.462 e. The predicted octanol–water partition coefficient (Wildman–Crippen LogP) is 4.03. The number of carbonyl (C=O) groups is 2. The third-order valence-corrected chi connectivity index (χ3v) is 6.43. The molecule has 0 heterocycles. The molecule has 0 aliphatic carbocycles. The van der Waals surface area contributed by atoms with Crippen molar-refractivity contribution in [1.29, 1.82) is 0 Å². The second kappa shape index (κ2) is 10.7. The maximum Gasteiger partial charge on any atom is 0.471 e. The summed E-state index contributed by atoms with van der Waals surface area (Å²) in [6.07, 6.45) is -2.93. The highest BCUT2D eigenvalue weighted by Gasteiger charge is 2.39. The molecule has 2 aromatic rings. The minimum atomic E-state index is -4.98. The van der Waals surface area contributed by atoms with Crippen LogP contribution in [0.2, 0.25) is 0 Å². The van der Waals surface area contributed by atoms with Crippen molar-refractivity contribution in [3.05, 3.63) is 71.8 Å². The van der Waals surface area contributed by atoms with Crippen LogP contribution in [0.4, 0.5) is 13.2 Å². The lowest BCUT2D eigenvalue weighted by Gasteiger charge is -2.16. The Morgan fingerprint density at radius 1 is 1.12 bits per heavy atom. The fourth-order valence-corrected chi connectivity index (χ4v) is 4.60. The molecular formula is C23H24F3NO5S.